The van der Waals surface area contributed by atoms with E-state index in [1.165, 1.54) is 31.1 Å². The lowest BCUT2D eigenvalue weighted by Gasteiger charge is -2.45. The first-order valence-corrected chi connectivity index (χ1v) is 29.8. The van der Waals surface area contributed by atoms with Crippen molar-refractivity contribution in [1.82, 2.24) is 49.8 Å². The molecule has 0 aliphatic carbocycles. The van der Waals surface area contributed by atoms with Crippen LogP contribution < -0.4 is 24.7 Å². The largest absolute Gasteiger partial charge is 0.490 e. The van der Waals surface area contributed by atoms with Gasteiger partial charge in [-0.15, -0.1) is 0 Å². The standard InChI is InChI=1S/C22H24N6O4S.C14H20ClN3O4S.C8H6BN3O2.C8H4ClN3/c1-12-9-31-10-14-11-32-17-18(22(2,3)33(4,29)30)26-20(27-21(17)28(12)14)16-13(7-23)8-25-19-15(16)5-6-24-19;1-8-5-21-6-9-7-22-10-11(14(2,3)23(4,19)20)16-13(15)17-12(10)18(8)9;10-3-5-4-12-8-6(1-2-11-8)7(5)9(13)14;9-7-5(3-10)4-12-8-6(7)1-2-11-8/h5-6,8,12,14H,9-11H2,1-4H3,(H,24,25);8-9H,5-7H2,1-4H3;1-2,4,13-14H,(H,11,12);1-2,4H,(H,11,12)/t12-,14+;8-,9+;;/m11../s1. The molecule has 426 valence electrons. The Labute approximate surface area is 481 Å². The Morgan fingerprint density at radius 3 is 1.56 bits per heavy atom. The van der Waals surface area contributed by atoms with Gasteiger partial charge < -0.3 is 53.7 Å². The number of anilines is 2. The zero-order chi connectivity index (χ0) is 59.2. The third-order valence-electron chi connectivity index (χ3n) is 14.6. The van der Waals surface area contributed by atoms with Crippen LogP contribution in [0.1, 0.15) is 69.6 Å². The number of nitrogens with zero attached hydrogens (tertiary/aromatic N) is 12. The number of fused-ring (bicyclic) bond motifs is 9. The molecule has 25 nitrogen and oxygen atoms in total. The second-order valence-electron chi connectivity index (χ2n) is 20.7. The van der Waals surface area contributed by atoms with Crippen LogP contribution in [0.2, 0.25) is 10.3 Å². The molecule has 0 spiro atoms. The highest BCUT2D eigenvalue weighted by atomic mass is 35.5. The summed E-state index contributed by atoms with van der Waals surface area (Å²) < 4.78 is 70.6. The highest BCUT2D eigenvalue weighted by Crippen LogP contribution is 2.46. The molecule has 0 aromatic carbocycles. The van der Waals surface area contributed by atoms with E-state index in [1.807, 2.05) is 26.0 Å². The second kappa shape index (κ2) is 22.9. The summed E-state index contributed by atoms with van der Waals surface area (Å²) in [6.45, 7) is 13.3. The number of hydrogen-bond acceptors (Lipinski definition) is 22. The van der Waals surface area contributed by atoms with E-state index in [2.05, 4.69) is 55.7 Å². The fourth-order valence-electron chi connectivity index (χ4n) is 9.70. The topological polar surface area (TPSA) is 361 Å². The summed E-state index contributed by atoms with van der Waals surface area (Å²) in [5.41, 5.74) is 3.97. The number of halogens is 2. The number of nitriles is 3. The van der Waals surface area contributed by atoms with Gasteiger partial charge in [-0.05, 0) is 71.3 Å². The second-order valence-corrected chi connectivity index (χ2v) is 26.5. The molecule has 2 saturated heterocycles. The van der Waals surface area contributed by atoms with Gasteiger partial charge in [0.25, 0.3) is 0 Å². The van der Waals surface area contributed by atoms with Gasteiger partial charge in [-0.2, -0.15) is 20.8 Å². The summed E-state index contributed by atoms with van der Waals surface area (Å²) in [5, 5.41) is 47.9. The maximum atomic E-state index is 12.8. The molecule has 4 aliphatic heterocycles. The predicted molar refractivity (Wildman–Crippen MR) is 305 cm³/mol. The third-order valence-corrected chi connectivity index (χ3v) is 19.3. The Morgan fingerprint density at radius 2 is 1.06 bits per heavy atom. The molecule has 0 saturated carbocycles. The molecule has 0 bridgehead atoms. The number of aromatic nitrogens is 10. The van der Waals surface area contributed by atoms with Crippen LogP contribution in [-0.4, -0.2) is 160 Å². The summed E-state index contributed by atoms with van der Waals surface area (Å²) in [6.07, 6.45) is 11.7. The van der Waals surface area contributed by atoms with E-state index in [9.17, 15) is 22.1 Å². The minimum Gasteiger partial charge on any atom is -0.486 e. The van der Waals surface area contributed by atoms with E-state index in [0.29, 0.717) is 118 Å². The Bertz CT molecular complexity index is 4140. The fraction of sp³-hybridized carbons (Fsp3) is 0.385. The maximum Gasteiger partial charge on any atom is 0.490 e. The Hall–Kier alpha value is -7.72. The zero-order valence-corrected chi connectivity index (χ0v) is 48.6. The van der Waals surface area contributed by atoms with Gasteiger partial charge in [-0.3, -0.25) is 0 Å². The van der Waals surface area contributed by atoms with E-state index >= 15 is 0 Å². The first-order valence-electron chi connectivity index (χ1n) is 25.3. The first kappa shape index (κ1) is 58.9. The SMILES string of the molecule is C[C@@H]1COC[C@H]2COc3c(nc(-c4c(C#N)cnc5[nH]ccc45)nc3C(C)(C)S(C)(=O)=O)N21.C[C@@H]1COC[C@H]2COc3c(nc(Cl)nc3C(C)(C)S(C)(=O)=O)N21.N#Cc1cnc2[nH]ccc2c1B(O)O.N#Cc1cnc2[nH]ccc2c1Cl. The van der Waals surface area contributed by atoms with Gasteiger partial charge in [-0.25, -0.2) is 46.7 Å². The van der Waals surface area contributed by atoms with Crippen molar-refractivity contribution in [3.05, 3.63) is 93.8 Å². The first-order chi connectivity index (χ1) is 38.8. The molecule has 2 fully saturated rings. The van der Waals surface area contributed by atoms with E-state index < -0.39 is 36.3 Å². The van der Waals surface area contributed by atoms with Gasteiger partial charge >= 0.3 is 7.12 Å². The van der Waals surface area contributed by atoms with Crippen LogP contribution in [0.25, 0.3) is 44.5 Å². The van der Waals surface area contributed by atoms with E-state index in [1.54, 1.807) is 64.5 Å². The highest BCUT2D eigenvalue weighted by Gasteiger charge is 2.46. The van der Waals surface area contributed by atoms with Crippen molar-refractivity contribution in [3.8, 4) is 41.1 Å². The lowest BCUT2D eigenvalue weighted by Crippen LogP contribution is -2.56. The molecule has 0 unspecified atom stereocenters. The zero-order valence-electron chi connectivity index (χ0n) is 45.4. The number of nitrogens with one attached hydrogen (secondary N) is 3. The van der Waals surface area contributed by atoms with Gasteiger partial charge in [0.1, 0.15) is 69.2 Å². The summed E-state index contributed by atoms with van der Waals surface area (Å²) in [4.78, 5) is 43.3. The van der Waals surface area contributed by atoms with E-state index in [-0.39, 0.29) is 52.0 Å². The minimum absolute atomic E-state index is 0.00324. The molecule has 8 aromatic rings. The maximum absolute atomic E-state index is 12.8. The van der Waals surface area contributed by atoms with Crippen molar-refractivity contribution < 1.29 is 45.8 Å². The molecule has 4 aliphatic rings. The molecular weight excluding hydrogens is 1140 g/mol. The molecule has 4 atom stereocenters. The van der Waals surface area contributed by atoms with Gasteiger partial charge in [0, 0.05) is 76.9 Å². The highest BCUT2D eigenvalue weighted by molar-refractivity contribution is 7.91. The Kier molecular flexibility index (Phi) is 16.5. The monoisotopic (exact) mass is 1190 g/mol. The van der Waals surface area contributed by atoms with Crippen molar-refractivity contribution in [3.63, 3.8) is 0 Å². The van der Waals surface area contributed by atoms with Crippen molar-refractivity contribution in [2.75, 3.05) is 62.0 Å². The van der Waals surface area contributed by atoms with Crippen molar-refractivity contribution in [2.45, 2.75) is 75.2 Å². The van der Waals surface area contributed by atoms with Crippen LogP contribution in [-0.2, 0) is 38.6 Å². The average Bonchev–Trinajstić information content (AvgIpc) is 4.33. The molecule has 82 heavy (non-hydrogen) atoms. The number of sulfone groups is 2. The predicted octanol–water partition coefficient (Wildman–Crippen LogP) is 4.76. The van der Waals surface area contributed by atoms with Crippen molar-refractivity contribution in [1.29, 1.82) is 15.8 Å². The molecular formula is C52H54BCl2N15O10S2. The summed E-state index contributed by atoms with van der Waals surface area (Å²) in [6, 6.07) is 11.3. The third kappa shape index (κ3) is 10.9. The van der Waals surface area contributed by atoms with Gasteiger partial charge in [-0.1, -0.05) is 11.6 Å². The van der Waals surface area contributed by atoms with Crippen molar-refractivity contribution >= 4 is 100 Å². The van der Waals surface area contributed by atoms with Crippen LogP contribution in [0.5, 0.6) is 11.5 Å². The molecule has 0 amide bonds. The molecule has 12 rings (SSSR count). The lowest BCUT2D eigenvalue weighted by atomic mass is 9.76. The summed E-state index contributed by atoms with van der Waals surface area (Å²) >= 11 is 12.0. The molecule has 0 radical (unpaired) electrons. The normalized spacial score (nSPS) is 18.4. The molecule has 8 aromatic heterocycles. The molecule has 5 N–H and O–H groups in total. The fourth-order valence-corrected chi connectivity index (χ4v) is 11.1. The number of H-pyrrole nitrogens is 3. The van der Waals surface area contributed by atoms with Crippen LogP contribution in [0.15, 0.2) is 55.4 Å². The number of pyridine rings is 3. The smallest absolute Gasteiger partial charge is 0.486 e. The van der Waals surface area contributed by atoms with Crippen molar-refractivity contribution in [2.24, 2.45) is 0 Å². The Balaban J connectivity index is 0.000000143. The number of ether oxygens (including phenoxy) is 4. The number of hydrogen-bond donors (Lipinski definition) is 5. The summed E-state index contributed by atoms with van der Waals surface area (Å²) in [7, 11) is -8.66. The number of aromatic amines is 3. The number of rotatable bonds is 6. The van der Waals surface area contributed by atoms with Gasteiger partial charge in [0.2, 0.25) is 5.28 Å². The summed E-state index contributed by atoms with van der Waals surface area (Å²) in [5.74, 6) is 2.07. The molecule has 30 heteroatoms. The van der Waals surface area contributed by atoms with Crippen LogP contribution >= 0.6 is 23.2 Å². The average molecular weight is 1190 g/mol. The lowest BCUT2D eigenvalue weighted by molar-refractivity contribution is 0.0482. The van der Waals surface area contributed by atoms with Crippen LogP contribution in [0.4, 0.5) is 11.6 Å². The molecule has 12 heterocycles. The number of morpholine rings is 2. The van der Waals surface area contributed by atoms with Crippen LogP contribution in [0, 0.1) is 34.0 Å². The van der Waals surface area contributed by atoms with E-state index in [4.69, 9.17) is 72.7 Å². The van der Waals surface area contributed by atoms with Gasteiger partial charge in [0.05, 0.1) is 72.3 Å². The van der Waals surface area contributed by atoms with Gasteiger partial charge in [0.15, 0.2) is 48.6 Å². The minimum atomic E-state index is -3.58. The Morgan fingerprint density at radius 1 is 0.622 bits per heavy atom. The van der Waals surface area contributed by atoms with Crippen LogP contribution in [0.3, 0.4) is 0 Å². The van der Waals surface area contributed by atoms with E-state index in [0.717, 1.165) is 5.39 Å². The quantitative estimate of drug-likeness (QED) is 0.111.